The number of aromatic nitrogens is 1. The van der Waals surface area contributed by atoms with Crippen LogP contribution in [-0.4, -0.2) is 14.5 Å². The molecule has 3 aromatic carbocycles. The predicted molar refractivity (Wildman–Crippen MR) is 123 cm³/mol. The van der Waals surface area contributed by atoms with Gasteiger partial charge >= 0.3 is 0 Å². The molecule has 0 spiro atoms. The van der Waals surface area contributed by atoms with Crippen LogP contribution < -0.4 is 14.9 Å². The SMILES string of the molecule is CCS(=O)Nc1ccc(Oc2ccc(F)cc2F)c(-n2cc(C)c(=O)c3ccccc32)c1. The second-order valence-electron chi connectivity index (χ2n) is 7.12. The smallest absolute Gasteiger partial charge is 0.192 e. The Morgan fingerprint density at radius 2 is 1.78 bits per heavy atom. The summed E-state index contributed by atoms with van der Waals surface area (Å²) in [5.41, 5.74) is 2.10. The highest BCUT2D eigenvalue weighted by Gasteiger charge is 2.15. The molecule has 0 aliphatic carbocycles. The van der Waals surface area contributed by atoms with Gasteiger partial charge in [0.15, 0.2) is 22.7 Å². The molecule has 32 heavy (non-hydrogen) atoms. The molecule has 0 aliphatic heterocycles. The molecule has 5 nitrogen and oxygen atoms in total. The highest BCUT2D eigenvalue weighted by atomic mass is 32.2. The average Bonchev–Trinajstić information content (AvgIpc) is 2.79. The molecule has 1 atom stereocenters. The minimum Gasteiger partial charge on any atom is -0.452 e. The lowest BCUT2D eigenvalue weighted by Gasteiger charge is -2.18. The van der Waals surface area contributed by atoms with Crippen molar-refractivity contribution in [3.63, 3.8) is 0 Å². The fourth-order valence-electron chi connectivity index (χ4n) is 3.34. The van der Waals surface area contributed by atoms with Crippen molar-refractivity contribution in [3.8, 4) is 17.2 Å². The number of aryl methyl sites for hydroxylation is 1. The molecular weight excluding hydrogens is 434 g/mol. The van der Waals surface area contributed by atoms with Crippen LogP contribution >= 0.6 is 0 Å². The highest BCUT2D eigenvalue weighted by Crippen LogP contribution is 2.34. The summed E-state index contributed by atoms with van der Waals surface area (Å²) >= 11 is 0. The third kappa shape index (κ3) is 4.27. The zero-order valence-corrected chi connectivity index (χ0v) is 18.2. The number of para-hydroxylation sites is 1. The number of hydrogen-bond donors (Lipinski definition) is 1. The molecule has 1 aromatic heterocycles. The Morgan fingerprint density at radius 1 is 1.03 bits per heavy atom. The molecule has 1 heterocycles. The van der Waals surface area contributed by atoms with Gasteiger partial charge in [0.05, 0.1) is 11.2 Å². The lowest BCUT2D eigenvalue weighted by Crippen LogP contribution is -2.12. The Bertz CT molecular complexity index is 1400. The van der Waals surface area contributed by atoms with E-state index in [1.807, 2.05) is 6.07 Å². The quantitative estimate of drug-likeness (QED) is 0.421. The number of anilines is 1. The molecule has 0 radical (unpaired) electrons. The van der Waals surface area contributed by atoms with E-state index in [0.717, 1.165) is 12.1 Å². The van der Waals surface area contributed by atoms with E-state index in [2.05, 4.69) is 4.72 Å². The second kappa shape index (κ2) is 8.92. The van der Waals surface area contributed by atoms with Crippen molar-refractivity contribution in [3.05, 3.63) is 94.3 Å². The minimum atomic E-state index is -1.28. The van der Waals surface area contributed by atoms with E-state index >= 15 is 0 Å². The summed E-state index contributed by atoms with van der Waals surface area (Å²) in [6, 6.07) is 15.1. The molecule has 1 N–H and O–H groups in total. The molecule has 4 rings (SSSR count). The largest absolute Gasteiger partial charge is 0.452 e. The second-order valence-corrected chi connectivity index (χ2v) is 8.60. The first-order valence-corrected chi connectivity index (χ1v) is 11.2. The van der Waals surface area contributed by atoms with Crippen LogP contribution in [0.2, 0.25) is 0 Å². The van der Waals surface area contributed by atoms with E-state index in [9.17, 15) is 17.8 Å². The molecule has 1 unspecified atom stereocenters. The van der Waals surface area contributed by atoms with Gasteiger partial charge in [-0.3, -0.25) is 4.79 Å². The van der Waals surface area contributed by atoms with Gasteiger partial charge in [-0.1, -0.05) is 19.1 Å². The third-order valence-electron chi connectivity index (χ3n) is 4.92. The predicted octanol–water partition coefficient (Wildman–Crippen LogP) is 5.47. The normalized spacial score (nSPS) is 12.0. The molecule has 0 aliphatic rings. The summed E-state index contributed by atoms with van der Waals surface area (Å²) in [6.07, 6.45) is 1.68. The fraction of sp³-hybridized carbons (Fsp3) is 0.125. The number of ether oxygens (including phenoxy) is 1. The van der Waals surface area contributed by atoms with E-state index in [1.54, 1.807) is 61.0 Å². The van der Waals surface area contributed by atoms with E-state index in [4.69, 9.17) is 4.74 Å². The minimum absolute atomic E-state index is 0.0923. The van der Waals surface area contributed by atoms with Crippen LogP contribution in [0.1, 0.15) is 12.5 Å². The zero-order chi connectivity index (χ0) is 22.8. The number of nitrogens with one attached hydrogen (secondary N) is 1. The van der Waals surface area contributed by atoms with Crippen LogP contribution in [0.3, 0.4) is 0 Å². The Labute approximate surface area is 185 Å². The number of hydrogen-bond acceptors (Lipinski definition) is 3. The maximum atomic E-state index is 14.3. The molecule has 0 saturated heterocycles. The number of halogens is 2. The topological polar surface area (TPSA) is 60.3 Å². The molecule has 0 amide bonds. The summed E-state index contributed by atoms with van der Waals surface area (Å²) in [5.74, 6) is -1.01. The maximum Gasteiger partial charge on any atom is 0.192 e. The summed E-state index contributed by atoms with van der Waals surface area (Å²) in [5, 5.41) is 0.516. The molecular formula is C24H20F2N2O3S. The summed E-state index contributed by atoms with van der Waals surface area (Å²) in [7, 11) is -1.28. The highest BCUT2D eigenvalue weighted by molar-refractivity contribution is 7.86. The average molecular weight is 454 g/mol. The van der Waals surface area contributed by atoms with Crippen LogP contribution in [-0.2, 0) is 11.0 Å². The van der Waals surface area contributed by atoms with Crippen LogP contribution in [0, 0.1) is 18.6 Å². The molecule has 4 aromatic rings. The number of nitrogens with zero attached hydrogens (tertiary/aromatic N) is 1. The van der Waals surface area contributed by atoms with Gasteiger partial charge in [0.1, 0.15) is 16.8 Å². The Morgan fingerprint density at radius 3 is 2.53 bits per heavy atom. The van der Waals surface area contributed by atoms with Crippen LogP contribution in [0.25, 0.3) is 16.6 Å². The molecule has 0 bridgehead atoms. The van der Waals surface area contributed by atoms with E-state index in [1.165, 1.54) is 6.07 Å². The van der Waals surface area contributed by atoms with Gasteiger partial charge in [-0.15, -0.1) is 0 Å². The van der Waals surface area contributed by atoms with Gasteiger partial charge < -0.3 is 14.0 Å². The van der Waals surface area contributed by atoms with Gasteiger partial charge in [0.2, 0.25) is 0 Å². The number of rotatable bonds is 6. The first-order chi connectivity index (χ1) is 15.4. The van der Waals surface area contributed by atoms with E-state index < -0.39 is 22.6 Å². The number of fused-ring (bicyclic) bond motifs is 1. The Kier molecular flexibility index (Phi) is 6.05. The van der Waals surface area contributed by atoms with Crippen molar-refractivity contribution in [2.45, 2.75) is 13.8 Å². The number of pyridine rings is 1. The first-order valence-electron chi connectivity index (χ1n) is 9.90. The summed E-state index contributed by atoms with van der Waals surface area (Å²) < 4.78 is 50.1. The molecule has 8 heteroatoms. The molecule has 0 saturated carbocycles. The van der Waals surface area contributed by atoms with Crippen molar-refractivity contribution < 1.29 is 17.7 Å². The summed E-state index contributed by atoms with van der Waals surface area (Å²) in [4.78, 5) is 12.6. The molecule has 0 fully saturated rings. The van der Waals surface area contributed by atoms with Gasteiger partial charge in [-0.25, -0.2) is 13.0 Å². The monoisotopic (exact) mass is 454 g/mol. The zero-order valence-electron chi connectivity index (χ0n) is 17.4. The Balaban J connectivity index is 1.93. The lowest BCUT2D eigenvalue weighted by atomic mass is 10.1. The number of benzene rings is 3. The van der Waals surface area contributed by atoms with Crippen molar-refractivity contribution in [1.29, 1.82) is 0 Å². The van der Waals surface area contributed by atoms with Crippen molar-refractivity contribution in [2.24, 2.45) is 0 Å². The van der Waals surface area contributed by atoms with Gasteiger partial charge in [0.25, 0.3) is 0 Å². The van der Waals surface area contributed by atoms with E-state index in [0.29, 0.717) is 33.6 Å². The van der Waals surface area contributed by atoms with Crippen LogP contribution in [0.5, 0.6) is 11.5 Å². The summed E-state index contributed by atoms with van der Waals surface area (Å²) in [6.45, 7) is 3.50. The fourth-order valence-corrected chi connectivity index (χ4v) is 3.88. The van der Waals surface area contributed by atoms with Crippen molar-refractivity contribution >= 4 is 27.6 Å². The van der Waals surface area contributed by atoms with Gasteiger partial charge in [-0.05, 0) is 49.4 Å². The lowest BCUT2D eigenvalue weighted by molar-refractivity contribution is 0.436. The first kappa shape index (κ1) is 21.7. The van der Waals surface area contributed by atoms with Crippen LogP contribution in [0.4, 0.5) is 14.5 Å². The van der Waals surface area contributed by atoms with Crippen molar-refractivity contribution in [1.82, 2.24) is 4.57 Å². The van der Waals surface area contributed by atoms with Crippen molar-refractivity contribution in [2.75, 3.05) is 10.5 Å². The van der Waals surface area contributed by atoms with Crippen LogP contribution in [0.15, 0.2) is 71.7 Å². The standard InChI is InChI=1S/C24H20F2N2O3S/c1-3-32(30)27-17-9-11-23(31-22-10-8-16(25)12-19(22)26)21(13-17)28-14-15(2)24(29)18-6-4-5-7-20(18)28/h4-14,27H,3H2,1-2H3. The molecule has 164 valence electrons. The van der Waals surface area contributed by atoms with E-state index in [-0.39, 0.29) is 16.9 Å². The third-order valence-corrected chi connectivity index (χ3v) is 5.90. The Hall–Kier alpha value is -3.52. The van der Waals surface area contributed by atoms with Gasteiger partial charge in [-0.2, -0.15) is 0 Å². The maximum absolute atomic E-state index is 14.3. The van der Waals surface area contributed by atoms with Gasteiger partial charge in [0, 0.05) is 34.7 Å².